The fraction of sp³-hybridized carbons (Fsp3) is 0.462. The number of nitrogens with zero attached hydrogens (tertiary/aromatic N) is 1. The fourth-order valence-electron chi connectivity index (χ4n) is 2.01. The molecular formula is C13H19Cl2FN2O2. The van der Waals surface area contributed by atoms with E-state index in [0.29, 0.717) is 18.7 Å². The van der Waals surface area contributed by atoms with Crippen LogP contribution in [0.25, 0.3) is 0 Å². The van der Waals surface area contributed by atoms with Crippen molar-refractivity contribution in [3.05, 3.63) is 23.5 Å². The number of benzene rings is 1. The van der Waals surface area contributed by atoms with Gasteiger partial charge in [0.2, 0.25) is 0 Å². The molecule has 7 heteroatoms. The molecule has 0 saturated carbocycles. The Bertz CT molecular complexity index is 466. The van der Waals surface area contributed by atoms with Crippen molar-refractivity contribution in [3.8, 4) is 5.75 Å². The van der Waals surface area contributed by atoms with Gasteiger partial charge >= 0.3 is 6.09 Å². The highest BCUT2D eigenvalue weighted by atomic mass is 35.5. The van der Waals surface area contributed by atoms with Gasteiger partial charge in [-0.1, -0.05) is 6.07 Å². The first kappa shape index (κ1) is 18.8. The first-order chi connectivity index (χ1) is 8.59. The molecule has 0 bridgehead atoms. The number of ether oxygens (including phenoxy) is 1. The van der Waals surface area contributed by atoms with Crippen LogP contribution in [0, 0.1) is 12.7 Å². The van der Waals surface area contributed by atoms with Gasteiger partial charge in [-0.15, -0.1) is 24.8 Å². The summed E-state index contributed by atoms with van der Waals surface area (Å²) >= 11 is 0. The number of piperidine rings is 1. The maximum Gasteiger partial charge on any atom is 0.415 e. The molecule has 4 nitrogen and oxygen atoms in total. The number of halogens is 3. The van der Waals surface area contributed by atoms with E-state index >= 15 is 0 Å². The minimum Gasteiger partial charge on any atom is -0.408 e. The van der Waals surface area contributed by atoms with Gasteiger partial charge in [0, 0.05) is 13.1 Å². The lowest BCUT2D eigenvalue weighted by molar-refractivity contribution is 0.142. The molecule has 20 heavy (non-hydrogen) atoms. The second kappa shape index (κ2) is 8.17. The van der Waals surface area contributed by atoms with E-state index in [2.05, 4.69) is 0 Å². The van der Waals surface area contributed by atoms with E-state index < -0.39 is 11.9 Å². The third-order valence-corrected chi connectivity index (χ3v) is 3.14. The van der Waals surface area contributed by atoms with Gasteiger partial charge in [-0.3, -0.25) is 0 Å². The third-order valence-electron chi connectivity index (χ3n) is 3.14. The van der Waals surface area contributed by atoms with Crippen LogP contribution in [0.5, 0.6) is 5.75 Å². The summed E-state index contributed by atoms with van der Waals surface area (Å²) in [5.74, 6) is -0.437. The predicted molar refractivity (Wildman–Crippen MR) is 81.5 cm³/mol. The number of nitrogen functional groups attached to an aromatic ring is 1. The van der Waals surface area contributed by atoms with E-state index in [9.17, 15) is 9.18 Å². The van der Waals surface area contributed by atoms with Crippen LogP contribution in [0.3, 0.4) is 0 Å². The zero-order valence-electron chi connectivity index (χ0n) is 11.2. The average Bonchev–Trinajstić information content (AvgIpc) is 2.40. The van der Waals surface area contributed by atoms with Crippen molar-refractivity contribution in [2.75, 3.05) is 18.8 Å². The van der Waals surface area contributed by atoms with Gasteiger partial charge in [-0.05, 0) is 37.8 Å². The predicted octanol–water partition coefficient (Wildman–Crippen LogP) is 3.54. The topological polar surface area (TPSA) is 55.6 Å². The summed E-state index contributed by atoms with van der Waals surface area (Å²) in [6.45, 7) is 2.99. The molecule has 1 amide bonds. The molecular weight excluding hydrogens is 306 g/mol. The van der Waals surface area contributed by atoms with Gasteiger partial charge in [-0.2, -0.15) is 0 Å². The van der Waals surface area contributed by atoms with Crippen LogP contribution in [0.4, 0.5) is 14.9 Å². The highest BCUT2D eigenvalue weighted by Gasteiger charge is 2.20. The van der Waals surface area contributed by atoms with Gasteiger partial charge < -0.3 is 15.4 Å². The number of carbonyl (C=O) groups excluding carboxylic acids is 1. The molecule has 0 atom stereocenters. The smallest absolute Gasteiger partial charge is 0.408 e. The van der Waals surface area contributed by atoms with Crippen LogP contribution >= 0.6 is 24.8 Å². The Balaban J connectivity index is 0.00000180. The van der Waals surface area contributed by atoms with Gasteiger partial charge in [0.05, 0.1) is 0 Å². The van der Waals surface area contributed by atoms with Gasteiger partial charge in [-0.25, -0.2) is 9.18 Å². The van der Waals surface area contributed by atoms with Crippen LogP contribution in [-0.2, 0) is 0 Å². The van der Waals surface area contributed by atoms with Crippen molar-refractivity contribution in [2.45, 2.75) is 26.2 Å². The zero-order valence-corrected chi connectivity index (χ0v) is 12.9. The van der Waals surface area contributed by atoms with Crippen LogP contribution in [0.2, 0.25) is 0 Å². The summed E-state index contributed by atoms with van der Waals surface area (Å²) < 4.78 is 18.7. The number of hydrogen-bond acceptors (Lipinski definition) is 3. The fourth-order valence-corrected chi connectivity index (χ4v) is 2.01. The van der Waals surface area contributed by atoms with Crippen LogP contribution < -0.4 is 10.5 Å². The van der Waals surface area contributed by atoms with Gasteiger partial charge in [0.25, 0.3) is 0 Å². The number of aryl methyl sites for hydroxylation is 1. The van der Waals surface area contributed by atoms with E-state index in [1.54, 1.807) is 17.9 Å². The molecule has 1 saturated heterocycles. The lowest BCUT2D eigenvalue weighted by atomic mass is 10.1. The highest BCUT2D eigenvalue weighted by Crippen LogP contribution is 2.27. The largest absolute Gasteiger partial charge is 0.415 e. The number of carbonyl (C=O) groups is 1. The van der Waals surface area contributed by atoms with Crippen LogP contribution in [0.15, 0.2) is 12.1 Å². The summed E-state index contributed by atoms with van der Waals surface area (Å²) in [5.41, 5.74) is 5.92. The summed E-state index contributed by atoms with van der Waals surface area (Å²) in [4.78, 5) is 13.5. The monoisotopic (exact) mass is 324 g/mol. The molecule has 1 aliphatic rings. The number of hydrogen-bond donors (Lipinski definition) is 1. The van der Waals surface area contributed by atoms with E-state index in [4.69, 9.17) is 10.5 Å². The van der Waals surface area contributed by atoms with Crippen molar-refractivity contribution in [3.63, 3.8) is 0 Å². The number of anilines is 1. The van der Waals surface area contributed by atoms with Crippen molar-refractivity contribution in [1.29, 1.82) is 0 Å². The van der Waals surface area contributed by atoms with E-state index in [1.807, 2.05) is 0 Å². The lowest BCUT2D eigenvalue weighted by Crippen LogP contribution is -2.37. The maximum absolute atomic E-state index is 13.6. The summed E-state index contributed by atoms with van der Waals surface area (Å²) in [5, 5.41) is 0. The second-order valence-electron chi connectivity index (χ2n) is 4.52. The van der Waals surface area contributed by atoms with Crippen molar-refractivity contribution >= 4 is 36.6 Å². The Morgan fingerprint density at radius 1 is 1.25 bits per heavy atom. The molecule has 1 aromatic carbocycles. The molecule has 0 spiro atoms. The molecule has 2 rings (SSSR count). The average molecular weight is 325 g/mol. The second-order valence-corrected chi connectivity index (χ2v) is 4.52. The minimum atomic E-state index is -0.529. The van der Waals surface area contributed by atoms with E-state index in [-0.39, 0.29) is 36.3 Å². The Hall–Kier alpha value is -1.20. The molecule has 114 valence electrons. The summed E-state index contributed by atoms with van der Waals surface area (Å²) in [7, 11) is 0. The molecule has 1 aliphatic heterocycles. The first-order valence-electron chi connectivity index (χ1n) is 6.11. The Kier molecular flexibility index (Phi) is 7.68. The molecule has 0 radical (unpaired) electrons. The van der Waals surface area contributed by atoms with E-state index in [1.165, 1.54) is 6.07 Å². The minimum absolute atomic E-state index is 0. The molecule has 1 fully saturated rings. The maximum atomic E-state index is 13.6. The molecule has 0 aliphatic carbocycles. The number of amides is 1. The van der Waals surface area contributed by atoms with Crippen molar-refractivity contribution < 1.29 is 13.9 Å². The molecule has 2 N–H and O–H groups in total. The molecule has 1 aromatic rings. The molecule has 1 heterocycles. The Labute approximate surface area is 130 Å². The summed E-state index contributed by atoms with van der Waals surface area (Å²) in [6, 6.07) is 3.07. The lowest BCUT2D eigenvalue weighted by Gasteiger charge is -2.25. The quantitative estimate of drug-likeness (QED) is 0.804. The van der Waals surface area contributed by atoms with E-state index in [0.717, 1.165) is 19.3 Å². The van der Waals surface area contributed by atoms with Crippen molar-refractivity contribution in [1.82, 2.24) is 4.90 Å². The normalized spacial score (nSPS) is 14.0. The van der Waals surface area contributed by atoms with Crippen LogP contribution in [-0.4, -0.2) is 24.1 Å². The first-order valence-corrected chi connectivity index (χ1v) is 6.11. The zero-order chi connectivity index (χ0) is 13.1. The Morgan fingerprint density at radius 2 is 1.85 bits per heavy atom. The highest BCUT2D eigenvalue weighted by molar-refractivity contribution is 5.85. The van der Waals surface area contributed by atoms with Crippen LogP contribution in [0.1, 0.15) is 24.8 Å². The molecule has 0 aromatic heterocycles. The number of nitrogens with two attached hydrogens (primary N) is 1. The van der Waals surface area contributed by atoms with Gasteiger partial charge in [0.1, 0.15) is 5.69 Å². The third kappa shape index (κ3) is 4.15. The SMILES string of the molecule is Cc1ccc(OC(=O)N2CCCCC2)c(N)c1F.Cl.Cl. The van der Waals surface area contributed by atoms with Gasteiger partial charge in [0.15, 0.2) is 11.6 Å². The van der Waals surface area contributed by atoms with Crippen molar-refractivity contribution in [2.24, 2.45) is 0 Å². The Morgan fingerprint density at radius 3 is 2.45 bits per heavy atom. The number of likely N-dealkylation sites (tertiary alicyclic amines) is 1. The number of rotatable bonds is 1. The summed E-state index contributed by atoms with van der Waals surface area (Å²) in [6.07, 6.45) is 2.63. The standard InChI is InChI=1S/C13H17FN2O2.2ClH/c1-9-5-6-10(12(15)11(9)14)18-13(17)16-7-3-2-4-8-16;;/h5-6H,2-4,7-8,15H2,1H3;2*1H. The molecule has 0 unspecified atom stereocenters.